The van der Waals surface area contributed by atoms with Gasteiger partial charge in [0.2, 0.25) is 0 Å². The Morgan fingerprint density at radius 1 is 1.00 bits per heavy atom. The van der Waals surface area contributed by atoms with Gasteiger partial charge < -0.3 is 20.9 Å². The summed E-state index contributed by atoms with van der Waals surface area (Å²) in [5.41, 5.74) is 6.19. The quantitative estimate of drug-likeness (QED) is 0.198. The van der Waals surface area contributed by atoms with Crippen molar-refractivity contribution in [1.82, 2.24) is 9.97 Å². The average Bonchev–Trinajstić information content (AvgIpc) is 3.55. The van der Waals surface area contributed by atoms with Crippen molar-refractivity contribution in [3.05, 3.63) is 83.1 Å². The van der Waals surface area contributed by atoms with Gasteiger partial charge in [0, 0.05) is 45.3 Å². The molecule has 3 amide bonds. The average molecular weight is 499 g/mol. The molecule has 36 heavy (non-hydrogen) atoms. The maximum atomic E-state index is 12.5. The third-order valence-electron chi connectivity index (χ3n) is 5.63. The minimum atomic E-state index is -0.358. The molecule has 0 spiro atoms. The lowest BCUT2D eigenvalue weighted by atomic mass is 9.93. The Morgan fingerprint density at radius 2 is 1.81 bits per heavy atom. The van der Waals surface area contributed by atoms with Crippen LogP contribution in [0.1, 0.15) is 37.7 Å². The predicted octanol–water partition coefficient (Wildman–Crippen LogP) is 6.65. The van der Waals surface area contributed by atoms with Crippen LogP contribution in [0.4, 0.5) is 32.7 Å². The van der Waals surface area contributed by atoms with Crippen LogP contribution in [-0.4, -0.2) is 21.9 Å². The van der Waals surface area contributed by atoms with E-state index in [9.17, 15) is 9.59 Å². The lowest BCUT2D eigenvalue weighted by molar-refractivity contribution is -0.110. The number of anilines is 5. The Balaban J connectivity index is 1.26. The lowest BCUT2D eigenvalue weighted by Gasteiger charge is -2.14. The van der Waals surface area contributed by atoms with Crippen LogP contribution in [0.2, 0.25) is 0 Å². The summed E-state index contributed by atoms with van der Waals surface area (Å²) in [6.07, 6.45) is 3.66. The molecule has 5 N–H and O–H groups in total. The number of urea groups is 1. The van der Waals surface area contributed by atoms with Gasteiger partial charge >= 0.3 is 6.03 Å². The number of carbonyl (C=O) groups is 2. The van der Waals surface area contributed by atoms with E-state index in [0.29, 0.717) is 16.4 Å². The molecule has 0 aliphatic carbocycles. The van der Waals surface area contributed by atoms with Crippen molar-refractivity contribution < 1.29 is 9.59 Å². The zero-order valence-electron chi connectivity index (χ0n) is 20.1. The van der Waals surface area contributed by atoms with Crippen molar-refractivity contribution in [1.29, 1.82) is 0 Å². The summed E-state index contributed by atoms with van der Waals surface area (Å²) in [5, 5.41) is 14.4. The molecular weight excluding hydrogens is 472 g/mol. The highest BCUT2D eigenvalue weighted by molar-refractivity contribution is 7.14. The van der Waals surface area contributed by atoms with Crippen molar-refractivity contribution in [2.24, 2.45) is 0 Å². The monoisotopic (exact) mass is 498 g/mol. The summed E-state index contributed by atoms with van der Waals surface area (Å²) in [6.45, 7) is 6.25. The molecule has 1 aliphatic heterocycles. The lowest BCUT2D eigenvalue weighted by Crippen LogP contribution is -2.19. The highest BCUT2D eigenvalue weighted by Crippen LogP contribution is 2.36. The molecule has 0 fully saturated rings. The number of H-pyrrole nitrogens is 1. The number of aromatic amines is 1. The molecule has 0 saturated heterocycles. The minimum absolute atomic E-state index is 0.0761. The second kappa shape index (κ2) is 9.35. The molecule has 0 radical (unpaired) electrons. The number of nitrogens with one attached hydrogen (secondary N) is 5. The molecule has 9 heteroatoms. The van der Waals surface area contributed by atoms with Gasteiger partial charge in [-0.2, -0.15) is 0 Å². The summed E-state index contributed by atoms with van der Waals surface area (Å²) in [7, 11) is 0. The van der Waals surface area contributed by atoms with Gasteiger partial charge in [0.25, 0.3) is 5.91 Å². The van der Waals surface area contributed by atoms with E-state index in [1.165, 1.54) is 11.3 Å². The minimum Gasteiger partial charge on any atom is -0.362 e. The first-order chi connectivity index (χ1) is 17.2. The van der Waals surface area contributed by atoms with Crippen LogP contribution in [0.3, 0.4) is 0 Å². The number of thiazole rings is 1. The maximum absolute atomic E-state index is 12.5. The summed E-state index contributed by atoms with van der Waals surface area (Å²) in [6, 6.07) is 16.6. The van der Waals surface area contributed by atoms with E-state index in [2.05, 4.69) is 52.0 Å². The van der Waals surface area contributed by atoms with E-state index in [0.717, 1.165) is 34.0 Å². The SMILES string of the molecule is CC(C)(C)c1csc(NC(=O)Nc2cccc(Nc3ccc4c(c3)NC(=O)/C4=C\c3ccc[nH]3)c2)n1. The van der Waals surface area contributed by atoms with Crippen LogP contribution in [0.25, 0.3) is 11.6 Å². The number of fused-ring (bicyclic) bond motifs is 1. The number of benzene rings is 2. The third kappa shape index (κ3) is 5.16. The van der Waals surface area contributed by atoms with Crippen molar-refractivity contribution in [2.75, 3.05) is 21.3 Å². The van der Waals surface area contributed by atoms with E-state index in [1.54, 1.807) is 0 Å². The Hall–Kier alpha value is -4.37. The molecule has 0 saturated carbocycles. The number of nitrogens with zero attached hydrogens (tertiary/aromatic N) is 1. The Kier molecular flexibility index (Phi) is 6.07. The molecule has 0 atom stereocenters. The molecule has 2 aromatic heterocycles. The molecule has 182 valence electrons. The fourth-order valence-corrected chi connectivity index (χ4v) is 4.71. The molecule has 3 heterocycles. The van der Waals surface area contributed by atoms with Gasteiger partial charge in [-0.1, -0.05) is 32.9 Å². The summed E-state index contributed by atoms with van der Waals surface area (Å²) < 4.78 is 0. The molecule has 1 aliphatic rings. The fraction of sp³-hybridized carbons (Fsp3) is 0.148. The van der Waals surface area contributed by atoms with E-state index < -0.39 is 0 Å². The van der Waals surface area contributed by atoms with Gasteiger partial charge in [0.15, 0.2) is 5.13 Å². The van der Waals surface area contributed by atoms with Crippen molar-refractivity contribution in [2.45, 2.75) is 26.2 Å². The first-order valence-corrected chi connectivity index (χ1v) is 12.3. The summed E-state index contributed by atoms with van der Waals surface area (Å²) >= 11 is 1.40. The number of hydrogen-bond donors (Lipinski definition) is 5. The number of hydrogen-bond acceptors (Lipinski definition) is 5. The molecule has 8 nitrogen and oxygen atoms in total. The summed E-state index contributed by atoms with van der Waals surface area (Å²) in [4.78, 5) is 32.6. The zero-order chi connectivity index (χ0) is 25.3. The van der Waals surface area contributed by atoms with Crippen molar-refractivity contribution in [3.8, 4) is 0 Å². The number of rotatable bonds is 5. The first-order valence-electron chi connectivity index (χ1n) is 11.5. The van der Waals surface area contributed by atoms with E-state index >= 15 is 0 Å². The van der Waals surface area contributed by atoms with Gasteiger partial charge in [0.05, 0.1) is 17.0 Å². The topological polar surface area (TPSA) is 111 Å². The Labute approximate surface area is 212 Å². The van der Waals surface area contributed by atoms with E-state index in [4.69, 9.17) is 0 Å². The van der Waals surface area contributed by atoms with Crippen molar-refractivity contribution >= 4 is 62.8 Å². The number of aromatic nitrogens is 2. The maximum Gasteiger partial charge on any atom is 0.325 e. The molecule has 2 aromatic carbocycles. The zero-order valence-corrected chi connectivity index (χ0v) is 20.9. The standard InChI is InChI=1S/C27H26N6O2S/c1-27(2,3)23-15-36-26(32-23)33-25(35)30-18-7-4-6-17(12-18)29-19-9-10-20-21(13-16-8-5-11-28-16)24(34)31-22(20)14-19/h4-15,28-29H,1-3H3,(H,31,34)(H2,30,32,33,35)/b21-13-. The summed E-state index contributed by atoms with van der Waals surface area (Å²) in [5.74, 6) is -0.135. The van der Waals surface area contributed by atoms with Gasteiger partial charge in [-0.05, 0) is 48.5 Å². The molecule has 0 bridgehead atoms. The van der Waals surface area contributed by atoms with Gasteiger partial charge in [-0.15, -0.1) is 11.3 Å². The first kappa shape index (κ1) is 23.4. The largest absolute Gasteiger partial charge is 0.362 e. The van der Waals surface area contributed by atoms with Crippen LogP contribution in [0.15, 0.2) is 66.2 Å². The van der Waals surface area contributed by atoms with E-state index in [1.807, 2.05) is 72.3 Å². The Morgan fingerprint density at radius 3 is 2.56 bits per heavy atom. The van der Waals surface area contributed by atoms with Crippen LogP contribution < -0.4 is 21.3 Å². The smallest absolute Gasteiger partial charge is 0.325 e. The predicted molar refractivity (Wildman–Crippen MR) is 147 cm³/mol. The molecular formula is C27H26N6O2S. The highest BCUT2D eigenvalue weighted by atomic mass is 32.1. The van der Waals surface area contributed by atoms with Crippen LogP contribution in [-0.2, 0) is 10.2 Å². The second-order valence-electron chi connectivity index (χ2n) is 9.47. The van der Waals surface area contributed by atoms with Crippen LogP contribution in [0, 0.1) is 0 Å². The highest BCUT2D eigenvalue weighted by Gasteiger charge is 2.24. The van der Waals surface area contributed by atoms with Gasteiger partial charge in [-0.3, -0.25) is 10.1 Å². The number of amides is 3. The van der Waals surface area contributed by atoms with Crippen molar-refractivity contribution in [3.63, 3.8) is 0 Å². The molecule has 4 aromatic rings. The fourth-order valence-electron chi connectivity index (χ4n) is 3.78. The molecule has 0 unspecified atom stereocenters. The Bertz CT molecular complexity index is 1460. The number of carbonyl (C=O) groups excluding carboxylic acids is 2. The van der Waals surface area contributed by atoms with E-state index in [-0.39, 0.29) is 17.4 Å². The van der Waals surface area contributed by atoms with Crippen LogP contribution in [0.5, 0.6) is 0 Å². The van der Waals surface area contributed by atoms with Crippen LogP contribution >= 0.6 is 11.3 Å². The second-order valence-corrected chi connectivity index (χ2v) is 10.3. The van der Waals surface area contributed by atoms with Gasteiger partial charge in [0.1, 0.15) is 0 Å². The molecule has 5 rings (SSSR count). The normalized spacial score (nSPS) is 13.9. The van der Waals surface area contributed by atoms with Gasteiger partial charge in [-0.25, -0.2) is 9.78 Å². The third-order valence-corrected chi connectivity index (χ3v) is 6.38.